The summed E-state index contributed by atoms with van der Waals surface area (Å²) in [5, 5.41) is 3.58. The lowest BCUT2D eigenvalue weighted by Gasteiger charge is -2.20. The van der Waals surface area contributed by atoms with Gasteiger partial charge in [-0.15, -0.1) is 0 Å². The van der Waals surface area contributed by atoms with Gasteiger partial charge in [0, 0.05) is 17.3 Å². The Morgan fingerprint density at radius 2 is 2.06 bits per heavy atom. The van der Waals surface area contributed by atoms with Gasteiger partial charge in [0.25, 0.3) is 0 Å². The Morgan fingerprint density at radius 3 is 2.88 bits per heavy atom. The molecule has 0 radical (unpaired) electrons. The molecule has 1 aromatic rings. The lowest BCUT2D eigenvalue weighted by molar-refractivity contribution is 0.651. The molecule has 3 heteroatoms. The van der Waals surface area contributed by atoms with Crippen molar-refractivity contribution in [1.29, 1.82) is 0 Å². The molecule has 1 unspecified atom stereocenters. The van der Waals surface area contributed by atoms with E-state index in [1.807, 2.05) is 0 Å². The minimum atomic E-state index is 0.570. The van der Waals surface area contributed by atoms with Crippen LogP contribution in [0.15, 0.2) is 6.33 Å². The van der Waals surface area contributed by atoms with Gasteiger partial charge < -0.3 is 5.32 Å². The van der Waals surface area contributed by atoms with E-state index in [1.54, 1.807) is 6.33 Å². The third-order valence-corrected chi connectivity index (χ3v) is 3.82. The molecule has 0 amide bonds. The summed E-state index contributed by atoms with van der Waals surface area (Å²) < 4.78 is 0. The Bertz CT molecular complexity index is 385. The van der Waals surface area contributed by atoms with Crippen molar-refractivity contribution in [2.24, 2.45) is 5.92 Å². The predicted octanol–water partition coefficient (Wildman–Crippen LogP) is 2.57. The summed E-state index contributed by atoms with van der Waals surface area (Å²) in [4.78, 5) is 8.82. The first kappa shape index (κ1) is 10.1. The maximum atomic E-state index is 4.42. The molecule has 1 aromatic heterocycles. The van der Waals surface area contributed by atoms with Crippen molar-refractivity contribution in [3.8, 4) is 0 Å². The summed E-state index contributed by atoms with van der Waals surface area (Å²) in [6, 6.07) is 0.570. The van der Waals surface area contributed by atoms with Crippen LogP contribution in [-0.4, -0.2) is 16.0 Å². The monoisotopic (exact) mass is 217 g/mol. The predicted molar refractivity (Wildman–Crippen MR) is 64.5 cm³/mol. The molecule has 1 N–H and O–H groups in total. The molecule has 1 heterocycles. The van der Waals surface area contributed by atoms with Gasteiger partial charge >= 0.3 is 0 Å². The highest BCUT2D eigenvalue weighted by Gasteiger charge is 2.28. The minimum absolute atomic E-state index is 0.570. The molecule has 2 aliphatic carbocycles. The average Bonchev–Trinajstić information content (AvgIpc) is 3.13. The van der Waals surface area contributed by atoms with E-state index >= 15 is 0 Å². The number of hydrogen-bond acceptors (Lipinski definition) is 3. The molecular weight excluding hydrogens is 198 g/mol. The van der Waals surface area contributed by atoms with Gasteiger partial charge in [-0.1, -0.05) is 0 Å². The van der Waals surface area contributed by atoms with Gasteiger partial charge in [0.1, 0.15) is 12.1 Å². The first-order valence-corrected chi connectivity index (χ1v) is 6.44. The molecule has 2 aliphatic rings. The summed E-state index contributed by atoms with van der Waals surface area (Å²) in [5.74, 6) is 1.97. The second kappa shape index (κ2) is 4.04. The molecular formula is C13H19N3. The smallest absolute Gasteiger partial charge is 0.133 e. The topological polar surface area (TPSA) is 37.8 Å². The van der Waals surface area contributed by atoms with E-state index in [0.29, 0.717) is 6.04 Å². The molecule has 1 atom stereocenters. The number of hydrogen-bond donors (Lipinski definition) is 1. The zero-order valence-corrected chi connectivity index (χ0v) is 9.87. The lowest BCUT2D eigenvalue weighted by Crippen LogP contribution is -2.21. The van der Waals surface area contributed by atoms with E-state index < -0.39 is 0 Å². The summed E-state index contributed by atoms with van der Waals surface area (Å²) in [6.45, 7) is 2.27. The van der Waals surface area contributed by atoms with Gasteiger partial charge in [0.2, 0.25) is 0 Å². The number of nitrogens with one attached hydrogen (secondary N) is 1. The van der Waals surface area contributed by atoms with Crippen molar-refractivity contribution in [3.05, 3.63) is 17.6 Å². The minimum Gasteiger partial charge on any atom is -0.367 e. The molecule has 3 nitrogen and oxygen atoms in total. The van der Waals surface area contributed by atoms with Crippen molar-refractivity contribution in [2.45, 2.75) is 51.5 Å². The lowest BCUT2D eigenvalue weighted by atomic mass is 9.96. The highest BCUT2D eigenvalue weighted by Crippen LogP contribution is 2.34. The number of fused-ring (bicyclic) bond motifs is 1. The molecule has 86 valence electrons. The van der Waals surface area contributed by atoms with Crippen LogP contribution in [0.3, 0.4) is 0 Å². The summed E-state index contributed by atoms with van der Waals surface area (Å²) in [6.07, 6.45) is 9.31. The zero-order valence-electron chi connectivity index (χ0n) is 9.87. The Morgan fingerprint density at radius 1 is 1.25 bits per heavy atom. The van der Waals surface area contributed by atoms with E-state index in [0.717, 1.165) is 24.6 Å². The highest BCUT2D eigenvalue weighted by molar-refractivity contribution is 5.47. The summed E-state index contributed by atoms with van der Waals surface area (Å²) in [5.41, 5.74) is 2.65. The number of nitrogens with zero attached hydrogens (tertiary/aromatic N) is 2. The number of rotatable bonds is 3. The second-order valence-corrected chi connectivity index (χ2v) is 5.13. The third-order valence-electron chi connectivity index (χ3n) is 3.82. The van der Waals surface area contributed by atoms with Crippen LogP contribution in [0.2, 0.25) is 0 Å². The molecule has 0 aromatic carbocycles. The van der Waals surface area contributed by atoms with E-state index in [9.17, 15) is 0 Å². The quantitative estimate of drug-likeness (QED) is 0.845. The Kier molecular flexibility index (Phi) is 2.54. The molecule has 0 bridgehead atoms. The van der Waals surface area contributed by atoms with Gasteiger partial charge in [0.05, 0.1) is 0 Å². The van der Waals surface area contributed by atoms with E-state index in [4.69, 9.17) is 0 Å². The van der Waals surface area contributed by atoms with Crippen LogP contribution in [0.5, 0.6) is 0 Å². The first-order valence-electron chi connectivity index (χ1n) is 6.44. The standard InChI is InChI=1S/C13H19N3/c1-9(10-6-7-10)16-13-11-4-2-3-5-12(11)14-8-15-13/h8-10H,2-7H2,1H3,(H,14,15,16). The normalized spacial score (nSPS) is 21.3. The SMILES string of the molecule is CC(Nc1ncnc2c1CCCC2)C1CC1. The average molecular weight is 217 g/mol. The van der Waals surface area contributed by atoms with Crippen LogP contribution in [-0.2, 0) is 12.8 Å². The number of aromatic nitrogens is 2. The zero-order chi connectivity index (χ0) is 11.0. The molecule has 16 heavy (non-hydrogen) atoms. The second-order valence-electron chi connectivity index (χ2n) is 5.13. The van der Waals surface area contributed by atoms with Crippen LogP contribution < -0.4 is 5.32 Å². The maximum Gasteiger partial charge on any atom is 0.133 e. The van der Waals surface area contributed by atoms with Crippen molar-refractivity contribution < 1.29 is 0 Å². The van der Waals surface area contributed by atoms with Crippen molar-refractivity contribution >= 4 is 5.82 Å². The fourth-order valence-corrected chi connectivity index (χ4v) is 2.58. The fourth-order valence-electron chi connectivity index (χ4n) is 2.58. The van der Waals surface area contributed by atoms with Gasteiger partial charge in [-0.05, 0) is 51.4 Å². The van der Waals surface area contributed by atoms with Crippen molar-refractivity contribution in [1.82, 2.24) is 9.97 Å². The summed E-state index contributed by atoms with van der Waals surface area (Å²) in [7, 11) is 0. The largest absolute Gasteiger partial charge is 0.367 e. The fraction of sp³-hybridized carbons (Fsp3) is 0.692. The van der Waals surface area contributed by atoms with Gasteiger partial charge in [0.15, 0.2) is 0 Å². The van der Waals surface area contributed by atoms with E-state index in [2.05, 4.69) is 22.2 Å². The molecule has 0 spiro atoms. The Balaban J connectivity index is 1.82. The van der Waals surface area contributed by atoms with Gasteiger partial charge in [-0.3, -0.25) is 0 Å². The molecule has 1 saturated carbocycles. The number of anilines is 1. The first-order chi connectivity index (χ1) is 7.84. The van der Waals surface area contributed by atoms with Crippen molar-refractivity contribution in [3.63, 3.8) is 0 Å². The Labute approximate surface area is 96.7 Å². The van der Waals surface area contributed by atoms with Crippen molar-refractivity contribution in [2.75, 3.05) is 5.32 Å². The van der Waals surface area contributed by atoms with E-state index in [-0.39, 0.29) is 0 Å². The van der Waals surface area contributed by atoms with Crippen LogP contribution >= 0.6 is 0 Å². The van der Waals surface area contributed by atoms with Crippen LogP contribution in [0.25, 0.3) is 0 Å². The van der Waals surface area contributed by atoms with Gasteiger partial charge in [-0.2, -0.15) is 0 Å². The molecule has 0 saturated heterocycles. The highest BCUT2D eigenvalue weighted by atomic mass is 15.0. The van der Waals surface area contributed by atoms with E-state index in [1.165, 1.54) is 36.9 Å². The van der Waals surface area contributed by atoms with Crippen LogP contribution in [0.4, 0.5) is 5.82 Å². The number of aryl methyl sites for hydroxylation is 1. The van der Waals surface area contributed by atoms with Crippen LogP contribution in [0.1, 0.15) is 43.9 Å². The Hall–Kier alpha value is -1.12. The summed E-state index contributed by atoms with van der Waals surface area (Å²) >= 11 is 0. The van der Waals surface area contributed by atoms with Gasteiger partial charge in [-0.25, -0.2) is 9.97 Å². The van der Waals surface area contributed by atoms with Crippen LogP contribution in [0, 0.1) is 5.92 Å². The molecule has 3 rings (SSSR count). The molecule has 0 aliphatic heterocycles. The third kappa shape index (κ3) is 1.91. The molecule has 1 fully saturated rings. The maximum absolute atomic E-state index is 4.42.